The molecule has 0 spiro atoms. The van der Waals surface area contributed by atoms with E-state index in [0.29, 0.717) is 13.1 Å². The van der Waals surface area contributed by atoms with E-state index in [9.17, 15) is 18.0 Å². The van der Waals surface area contributed by atoms with Crippen molar-refractivity contribution >= 4 is 11.7 Å². The first-order valence-electron chi connectivity index (χ1n) is 9.85. The maximum Gasteiger partial charge on any atom is 0.410 e. The van der Waals surface area contributed by atoms with Crippen molar-refractivity contribution in [2.45, 2.75) is 31.6 Å². The molecule has 0 bridgehead atoms. The fraction of sp³-hybridized carbons (Fsp3) is 0.500. The zero-order valence-electron chi connectivity index (χ0n) is 16.2. The summed E-state index contributed by atoms with van der Waals surface area (Å²) >= 11 is 0. The topological polar surface area (TPSA) is 53.4 Å². The third kappa shape index (κ3) is 3.83. The molecule has 1 fully saturated rings. The van der Waals surface area contributed by atoms with Crippen molar-refractivity contribution in [3.63, 3.8) is 0 Å². The number of halogens is 3. The van der Waals surface area contributed by atoms with E-state index in [1.54, 1.807) is 29.2 Å². The predicted molar refractivity (Wildman–Crippen MR) is 103 cm³/mol. The van der Waals surface area contributed by atoms with Crippen LogP contribution < -0.4 is 5.32 Å². The van der Waals surface area contributed by atoms with Gasteiger partial charge in [-0.2, -0.15) is 18.3 Å². The van der Waals surface area contributed by atoms with E-state index in [-0.39, 0.29) is 23.7 Å². The first-order valence-corrected chi connectivity index (χ1v) is 9.85. The van der Waals surface area contributed by atoms with Gasteiger partial charge in [-0.05, 0) is 12.1 Å². The summed E-state index contributed by atoms with van der Waals surface area (Å²) in [5, 5.41) is 7.10. The van der Waals surface area contributed by atoms with Crippen LogP contribution in [0.1, 0.15) is 41.3 Å². The van der Waals surface area contributed by atoms with Crippen LogP contribution in [0.2, 0.25) is 0 Å². The number of amides is 1. The number of hydrogen-bond donors (Lipinski definition) is 1. The molecule has 1 N–H and O–H groups in total. The molecule has 1 amide bonds. The van der Waals surface area contributed by atoms with Gasteiger partial charge in [-0.25, -0.2) is 4.68 Å². The molecule has 1 saturated heterocycles. The van der Waals surface area contributed by atoms with Crippen molar-refractivity contribution < 1.29 is 18.0 Å². The molecule has 2 atom stereocenters. The Morgan fingerprint density at radius 1 is 1.17 bits per heavy atom. The van der Waals surface area contributed by atoms with Gasteiger partial charge in [-0.15, -0.1) is 0 Å². The molecular formula is C20H24F3N5O. The molecule has 2 aromatic rings. The van der Waals surface area contributed by atoms with Gasteiger partial charge in [0.05, 0.1) is 12.2 Å². The Morgan fingerprint density at radius 2 is 1.86 bits per heavy atom. The van der Waals surface area contributed by atoms with Gasteiger partial charge >= 0.3 is 6.18 Å². The lowest BCUT2D eigenvalue weighted by atomic mass is 9.96. The Hall–Kier alpha value is -2.55. The number of carbonyl (C=O) groups is 1. The van der Waals surface area contributed by atoms with Gasteiger partial charge in [0.2, 0.25) is 0 Å². The lowest BCUT2D eigenvalue weighted by Crippen LogP contribution is -2.48. The van der Waals surface area contributed by atoms with E-state index in [1.165, 1.54) is 6.20 Å². The number of fused-ring (bicyclic) bond motifs is 1. The summed E-state index contributed by atoms with van der Waals surface area (Å²) in [4.78, 5) is 17.0. The number of anilines is 1. The molecule has 1 aromatic carbocycles. The minimum atomic E-state index is -4.46. The van der Waals surface area contributed by atoms with Crippen molar-refractivity contribution in [3.8, 4) is 0 Å². The molecule has 156 valence electrons. The summed E-state index contributed by atoms with van der Waals surface area (Å²) in [6.07, 6.45) is -3.36. The number of likely N-dealkylation sites (N-methyl/N-ethyl adjacent to an activating group) is 1. The van der Waals surface area contributed by atoms with Gasteiger partial charge in [0.25, 0.3) is 5.91 Å². The number of nitrogens with one attached hydrogen (secondary N) is 1. The van der Waals surface area contributed by atoms with E-state index in [4.69, 9.17) is 0 Å². The van der Waals surface area contributed by atoms with E-state index in [0.717, 1.165) is 29.9 Å². The summed E-state index contributed by atoms with van der Waals surface area (Å²) < 4.78 is 42.2. The predicted octanol–water partition coefficient (Wildman–Crippen LogP) is 3.32. The largest absolute Gasteiger partial charge is 0.410 e. The average Bonchev–Trinajstić information content (AvgIpc) is 3.16. The maximum absolute atomic E-state index is 13.8. The first kappa shape index (κ1) is 19.8. The van der Waals surface area contributed by atoms with Gasteiger partial charge in [0.1, 0.15) is 11.4 Å². The molecule has 9 heteroatoms. The Labute approximate surface area is 167 Å². The highest BCUT2D eigenvalue weighted by atomic mass is 19.4. The Balaban J connectivity index is 1.64. The van der Waals surface area contributed by atoms with E-state index in [1.807, 2.05) is 6.07 Å². The van der Waals surface area contributed by atoms with E-state index >= 15 is 0 Å². The molecule has 29 heavy (non-hydrogen) atoms. The van der Waals surface area contributed by atoms with Crippen LogP contribution in [0.25, 0.3) is 0 Å². The molecule has 6 nitrogen and oxygen atoms in total. The lowest BCUT2D eigenvalue weighted by molar-refractivity contribution is -0.173. The number of piperazine rings is 1. The van der Waals surface area contributed by atoms with Crippen molar-refractivity contribution in [2.24, 2.45) is 0 Å². The minimum Gasteiger partial charge on any atom is -0.363 e. The van der Waals surface area contributed by atoms with Gasteiger partial charge < -0.3 is 15.1 Å². The minimum absolute atomic E-state index is 0.148. The second-order valence-electron chi connectivity index (χ2n) is 7.48. The summed E-state index contributed by atoms with van der Waals surface area (Å²) in [7, 11) is 0. The van der Waals surface area contributed by atoms with Crippen molar-refractivity contribution in [1.82, 2.24) is 19.6 Å². The maximum atomic E-state index is 13.8. The van der Waals surface area contributed by atoms with Crippen molar-refractivity contribution in [1.29, 1.82) is 0 Å². The molecule has 2 aliphatic heterocycles. The van der Waals surface area contributed by atoms with Crippen LogP contribution in [0.4, 0.5) is 19.0 Å². The summed E-state index contributed by atoms with van der Waals surface area (Å²) in [5.41, 5.74) is 0.953. The summed E-state index contributed by atoms with van der Waals surface area (Å²) in [6.45, 7) is 5.62. The Bertz CT molecular complexity index is 859. The fourth-order valence-corrected chi connectivity index (χ4v) is 4.06. The standard InChI is InChI=1S/C20H24F3N5O/c1-2-26-8-10-27(11-9-26)19(29)15-13-24-28-17(20(21,22)23)12-16(25-18(15)28)14-6-4-3-5-7-14/h3-7,13,16-17,25H,2,8-12H2,1H3/t16-,17-/m0/s1. The fourth-order valence-electron chi connectivity index (χ4n) is 4.06. The van der Waals surface area contributed by atoms with Crippen LogP contribution in [0, 0.1) is 0 Å². The van der Waals surface area contributed by atoms with Gasteiger partial charge in [-0.1, -0.05) is 37.3 Å². The third-order valence-electron chi connectivity index (χ3n) is 5.78. The molecule has 1 aromatic heterocycles. The van der Waals surface area contributed by atoms with Crippen LogP contribution in [0.5, 0.6) is 0 Å². The lowest BCUT2D eigenvalue weighted by Gasteiger charge is -2.36. The second kappa shape index (κ2) is 7.70. The number of aromatic nitrogens is 2. The quantitative estimate of drug-likeness (QED) is 0.848. The van der Waals surface area contributed by atoms with Crippen molar-refractivity contribution in [2.75, 3.05) is 38.0 Å². The zero-order chi connectivity index (χ0) is 20.6. The molecule has 4 rings (SSSR count). The van der Waals surface area contributed by atoms with Gasteiger partial charge in [-0.3, -0.25) is 4.79 Å². The average molecular weight is 407 g/mol. The van der Waals surface area contributed by atoms with Crippen LogP contribution in [-0.2, 0) is 0 Å². The Kier molecular flexibility index (Phi) is 5.24. The monoisotopic (exact) mass is 407 g/mol. The first-order chi connectivity index (χ1) is 13.9. The zero-order valence-corrected chi connectivity index (χ0v) is 16.2. The second-order valence-corrected chi connectivity index (χ2v) is 7.48. The molecule has 0 unspecified atom stereocenters. The number of carbonyl (C=O) groups excluding carboxylic acids is 1. The smallest absolute Gasteiger partial charge is 0.363 e. The molecule has 0 radical (unpaired) electrons. The van der Waals surface area contributed by atoms with Gasteiger partial charge in [0, 0.05) is 32.6 Å². The molecular weight excluding hydrogens is 383 g/mol. The highest BCUT2D eigenvalue weighted by Crippen LogP contribution is 2.44. The van der Waals surface area contributed by atoms with Crippen molar-refractivity contribution in [3.05, 3.63) is 47.7 Å². The van der Waals surface area contributed by atoms with Crippen LogP contribution >= 0.6 is 0 Å². The molecule has 3 heterocycles. The van der Waals surface area contributed by atoms with Crippen LogP contribution in [-0.4, -0.2) is 64.4 Å². The van der Waals surface area contributed by atoms with Gasteiger partial charge in [0.15, 0.2) is 6.04 Å². The number of nitrogens with zero attached hydrogens (tertiary/aromatic N) is 4. The third-order valence-corrected chi connectivity index (χ3v) is 5.78. The van der Waals surface area contributed by atoms with E-state index < -0.39 is 18.3 Å². The molecule has 2 aliphatic rings. The SMILES string of the molecule is CCN1CCN(C(=O)c2cnn3c2N[C@H](c2ccccc2)C[C@H]3C(F)(F)F)CC1. The Morgan fingerprint density at radius 3 is 2.48 bits per heavy atom. The van der Waals surface area contributed by atoms with Crippen LogP contribution in [0.3, 0.4) is 0 Å². The summed E-state index contributed by atoms with van der Waals surface area (Å²) in [5.74, 6) is -0.125. The molecule has 0 aliphatic carbocycles. The molecule has 0 saturated carbocycles. The number of hydrogen-bond acceptors (Lipinski definition) is 4. The highest BCUT2D eigenvalue weighted by Gasteiger charge is 2.47. The normalized spacial score (nSPS) is 22.8. The number of alkyl halides is 3. The number of benzene rings is 1. The summed E-state index contributed by atoms with van der Waals surface area (Å²) in [6, 6.07) is 6.68. The van der Waals surface area contributed by atoms with Crippen LogP contribution in [0.15, 0.2) is 36.5 Å². The highest BCUT2D eigenvalue weighted by molar-refractivity contribution is 5.99. The van der Waals surface area contributed by atoms with E-state index in [2.05, 4.69) is 22.2 Å². The number of rotatable bonds is 3.